The standard InChI is InChI=1S/C10H13NO3/c1-3-14-10(13)9(12)8-6-11-5-4-7(8)2/h4-6,9,12H,3H2,1-2H3. The molecule has 0 aliphatic carbocycles. The molecule has 0 saturated carbocycles. The molecule has 0 saturated heterocycles. The van der Waals surface area contributed by atoms with Crippen LogP contribution in [0.25, 0.3) is 0 Å². The molecular weight excluding hydrogens is 182 g/mol. The summed E-state index contributed by atoms with van der Waals surface area (Å²) in [6, 6.07) is 1.73. The third-order valence-electron chi connectivity index (χ3n) is 1.88. The van der Waals surface area contributed by atoms with Gasteiger partial charge in [0.1, 0.15) is 0 Å². The van der Waals surface area contributed by atoms with E-state index in [4.69, 9.17) is 4.74 Å². The Hall–Kier alpha value is -1.42. The number of aliphatic hydroxyl groups excluding tert-OH is 1. The van der Waals surface area contributed by atoms with Gasteiger partial charge in [-0.05, 0) is 25.5 Å². The first kappa shape index (κ1) is 10.7. The average Bonchev–Trinajstić information content (AvgIpc) is 2.18. The molecule has 0 fully saturated rings. The number of esters is 1. The van der Waals surface area contributed by atoms with Gasteiger partial charge >= 0.3 is 5.97 Å². The van der Waals surface area contributed by atoms with Crippen molar-refractivity contribution in [2.75, 3.05) is 6.61 Å². The number of carbonyl (C=O) groups excluding carboxylic acids is 1. The number of aromatic nitrogens is 1. The first-order valence-corrected chi connectivity index (χ1v) is 4.42. The van der Waals surface area contributed by atoms with Crippen LogP contribution in [0.15, 0.2) is 18.5 Å². The molecule has 4 heteroatoms. The zero-order valence-corrected chi connectivity index (χ0v) is 8.23. The van der Waals surface area contributed by atoms with Crippen molar-refractivity contribution < 1.29 is 14.6 Å². The molecule has 14 heavy (non-hydrogen) atoms. The third kappa shape index (κ3) is 2.29. The third-order valence-corrected chi connectivity index (χ3v) is 1.88. The van der Waals surface area contributed by atoms with Crippen molar-refractivity contribution in [3.05, 3.63) is 29.6 Å². The molecule has 0 aliphatic heterocycles. The lowest BCUT2D eigenvalue weighted by Gasteiger charge is -2.11. The summed E-state index contributed by atoms with van der Waals surface area (Å²) in [5.41, 5.74) is 1.31. The minimum Gasteiger partial charge on any atom is -0.464 e. The number of hydrogen-bond donors (Lipinski definition) is 1. The Morgan fingerprint density at radius 1 is 1.71 bits per heavy atom. The molecule has 4 nitrogen and oxygen atoms in total. The van der Waals surface area contributed by atoms with E-state index >= 15 is 0 Å². The normalized spacial score (nSPS) is 12.2. The van der Waals surface area contributed by atoms with Gasteiger partial charge in [-0.2, -0.15) is 0 Å². The second kappa shape index (κ2) is 4.72. The minimum atomic E-state index is -1.23. The molecule has 1 aromatic rings. The molecule has 1 N–H and O–H groups in total. The molecule has 1 heterocycles. The average molecular weight is 195 g/mol. The highest BCUT2D eigenvalue weighted by molar-refractivity contribution is 5.76. The Bertz CT molecular complexity index is 325. The van der Waals surface area contributed by atoms with Gasteiger partial charge in [0.15, 0.2) is 6.10 Å². The van der Waals surface area contributed by atoms with Gasteiger partial charge in [-0.25, -0.2) is 4.79 Å². The Morgan fingerprint density at radius 2 is 2.43 bits per heavy atom. The number of rotatable bonds is 3. The van der Waals surface area contributed by atoms with Crippen LogP contribution in [0.4, 0.5) is 0 Å². The van der Waals surface area contributed by atoms with E-state index < -0.39 is 12.1 Å². The van der Waals surface area contributed by atoms with Crippen LogP contribution in [0.3, 0.4) is 0 Å². The van der Waals surface area contributed by atoms with E-state index in [1.54, 1.807) is 26.1 Å². The summed E-state index contributed by atoms with van der Waals surface area (Å²) in [5.74, 6) is -0.636. The second-order valence-corrected chi connectivity index (χ2v) is 2.89. The monoisotopic (exact) mass is 195 g/mol. The smallest absolute Gasteiger partial charge is 0.339 e. The first-order valence-electron chi connectivity index (χ1n) is 4.42. The number of pyridine rings is 1. The van der Waals surface area contributed by atoms with E-state index in [1.165, 1.54) is 6.20 Å². The minimum absolute atomic E-state index is 0.259. The lowest BCUT2D eigenvalue weighted by Crippen LogP contribution is -2.16. The van der Waals surface area contributed by atoms with Crippen molar-refractivity contribution in [2.24, 2.45) is 0 Å². The molecule has 1 aromatic heterocycles. The van der Waals surface area contributed by atoms with Crippen LogP contribution in [-0.4, -0.2) is 22.7 Å². The summed E-state index contributed by atoms with van der Waals surface area (Å²) < 4.78 is 4.70. The van der Waals surface area contributed by atoms with E-state index in [-0.39, 0.29) is 6.61 Å². The fourth-order valence-electron chi connectivity index (χ4n) is 1.11. The number of nitrogens with zero attached hydrogens (tertiary/aromatic N) is 1. The summed E-state index contributed by atoms with van der Waals surface area (Å²) in [7, 11) is 0. The van der Waals surface area contributed by atoms with Crippen LogP contribution in [-0.2, 0) is 9.53 Å². The molecule has 0 radical (unpaired) electrons. The SMILES string of the molecule is CCOC(=O)C(O)c1cnccc1C. The Morgan fingerprint density at radius 3 is 3.00 bits per heavy atom. The molecule has 1 atom stereocenters. The number of aliphatic hydroxyl groups is 1. The van der Waals surface area contributed by atoms with Crippen LogP contribution in [0.2, 0.25) is 0 Å². The molecule has 0 spiro atoms. The molecule has 0 aliphatic rings. The van der Waals surface area contributed by atoms with Gasteiger partial charge in [0, 0.05) is 18.0 Å². The molecule has 76 valence electrons. The maximum Gasteiger partial charge on any atom is 0.339 e. The van der Waals surface area contributed by atoms with Gasteiger partial charge in [-0.1, -0.05) is 0 Å². The van der Waals surface area contributed by atoms with Crippen molar-refractivity contribution in [3.63, 3.8) is 0 Å². The van der Waals surface area contributed by atoms with Crippen molar-refractivity contribution in [1.82, 2.24) is 4.98 Å². The van der Waals surface area contributed by atoms with Crippen molar-refractivity contribution in [1.29, 1.82) is 0 Å². The van der Waals surface area contributed by atoms with Crippen molar-refractivity contribution in [3.8, 4) is 0 Å². The van der Waals surface area contributed by atoms with Gasteiger partial charge in [0.05, 0.1) is 6.61 Å². The van der Waals surface area contributed by atoms with Gasteiger partial charge in [0.2, 0.25) is 0 Å². The highest BCUT2D eigenvalue weighted by Crippen LogP contribution is 2.16. The zero-order valence-electron chi connectivity index (χ0n) is 8.23. The quantitative estimate of drug-likeness (QED) is 0.730. The van der Waals surface area contributed by atoms with E-state index in [9.17, 15) is 9.90 Å². The maximum atomic E-state index is 11.2. The van der Waals surface area contributed by atoms with Gasteiger partial charge in [-0.3, -0.25) is 4.98 Å². The molecule has 0 amide bonds. The fraction of sp³-hybridized carbons (Fsp3) is 0.400. The van der Waals surface area contributed by atoms with E-state index in [0.717, 1.165) is 5.56 Å². The predicted molar refractivity (Wildman–Crippen MR) is 50.6 cm³/mol. The molecule has 1 unspecified atom stereocenters. The molecule has 0 bridgehead atoms. The number of ether oxygens (including phenoxy) is 1. The van der Waals surface area contributed by atoms with E-state index in [0.29, 0.717) is 5.56 Å². The fourth-order valence-corrected chi connectivity index (χ4v) is 1.11. The Kier molecular flexibility index (Phi) is 3.59. The highest BCUT2D eigenvalue weighted by atomic mass is 16.5. The Balaban J connectivity index is 2.84. The van der Waals surface area contributed by atoms with Crippen molar-refractivity contribution >= 4 is 5.97 Å². The largest absolute Gasteiger partial charge is 0.464 e. The maximum absolute atomic E-state index is 11.2. The van der Waals surface area contributed by atoms with E-state index in [2.05, 4.69) is 4.98 Å². The lowest BCUT2D eigenvalue weighted by atomic mass is 10.1. The topological polar surface area (TPSA) is 59.4 Å². The first-order chi connectivity index (χ1) is 6.66. The highest BCUT2D eigenvalue weighted by Gasteiger charge is 2.20. The molecule has 1 rings (SSSR count). The zero-order chi connectivity index (χ0) is 10.6. The molecular formula is C10H13NO3. The Labute approximate surface area is 82.5 Å². The number of aryl methyl sites for hydroxylation is 1. The molecule has 0 aromatic carbocycles. The summed E-state index contributed by atoms with van der Waals surface area (Å²) >= 11 is 0. The van der Waals surface area contributed by atoms with Crippen molar-refractivity contribution in [2.45, 2.75) is 20.0 Å². The van der Waals surface area contributed by atoms with Gasteiger partial charge in [-0.15, -0.1) is 0 Å². The van der Waals surface area contributed by atoms with Crippen LogP contribution < -0.4 is 0 Å². The summed E-state index contributed by atoms with van der Waals surface area (Å²) in [4.78, 5) is 15.0. The van der Waals surface area contributed by atoms with Gasteiger partial charge < -0.3 is 9.84 Å². The summed E-state index contributed by atoms with van der Waals surface area (Å²) in [6.07, 6.45) is 1.84. The number of carbonyl (C=O) groups is 1. The number of hydrogen-bond acceptors (Lipinski definition) is 4. The summed E-state index contributed by atoms with van der Waals surface area (Å²) in [6.45, 7) is 3.76. The second-order valence-electron chi connectivity index (χ2n) is 2.89. The van der Waals surface area contributed by atoms with Crippen LogP contribution in [0.5, 0.6) is 0 Å². The van der Waals surface area contributed by atoms with Crippen LogP contribution in [0, 0.1) is 6.92 Å². The lowest BCUT2D eigenvalue weighted by molar-refractivity contribution is -0.153. The van der Waals surface area contributed by atoms with Crippen LogP contribution in [0.1, 0.15) is 24.2 Å². The summed E-state index contributed by atoms with van der Waals surface area (Å²) in [5, 5.41) is 9.59. The van der Waals surface area contributed by atoms with E-state index in [1.807, 2.05) is 0 Å². The van der Waals surface area contributed by atoms with Crippen LogP contribution >= 0.6 is 0 Å². The predicted octanol–water partition coefficient (Wildman–Crippen LogP) is 0.987. The van der Waals surface area contributed by atoms with Gasteiger partial charge in [0.25, 0.3) is 0 Å².